The van der Waals surface area contributed by atoms with Gasteiger partial charge >= 0.3 is 13.8 Å². The van der Waals surface area contributed by atoms with E-state index in [1.54, 1.807) is 0 Å². The van der Waals surface area contributed by atoms with Gasteiger partial charge in [0.25, 0.3) is 0 Å². The molecule has 76 heavy (non-hydrogen) atoms. The van der Waals surface area contributed by atoms with Gasteiger partial charge in [0.1, 0.15) is 19.3 Å². The van der Waals surface area contributed by atoms with Gasteiger partial charge in [0.2, 0.25) is 5.91 Å². The molecule has 0 aliphatic carbocycles. The van der Waals surface area contributed by atoms with Crippen LogP contribution in [-0.4, -0.2) is 74.3 Å². The van der Waals surface area contributed by atoms with E-state index in [-0.39, 0.29) is 25.1 Å². The van der Waals surface area contributed by atoms with Crippen LogP contribution in [0.3, 0.4) is 0 Å². The van der Waals surface area contributed by atoms with Crippen LogP contribution in [0.25, 0.3) is 0 Å². The van der Waals surface area contributed by atoms with Crippen LogP contribution < -0.4 is 5.32 Å². The first-order chi connectivity index (χ1) is 36.9. The lowest BCUT2D eigenvalue weighted by atomic mass is 10.0. The fraction of sp³-hybridized carbons (Fsp3) is 0.909. The monoisotopic (exact) mass is 1090 g/mol. The number of hydrogen-bond acceptors (Lipinski definition) is 6. The summed E-state index contributed by atoms with van der Waals surface area (Å²) in [5.74, 6) is -0.486. The Hall–Kier alpha value is -1.51. The fourth-order valence-electron chi connectivity index (χ4n) is 10.00. The van der Waals surface area contributed by atoms with E-state index in [0.29, 0.717) is 23.9 Å². The molecule has 0 aromatic rings. The number of ether oxygens (including phenoxy) is 1. The van der Waals surface area contributed by atoms with Gasteiger partial charge in [0.05, 0.1) is 33.8 Å². The molecule has 0 aromatic carbocycles. The van der Waals surface area contributed by atoms with Gasteiger partial charge in [-0.3, -0.25) is 18.6 Å². The number of hydrogen-bond donors (Lipinski definition) is 2. The molecule has 0 aliphatic rings. The van der Waals surface area contributed by atoms with Crippen LogP contribution >= 0.6 is 7.82 Å². The highest BCUT2D eigenvalue weighted by molar-refractivity contribution is 7.47. The van der Waals surface area contributed by atoms with Crippen molar-refractivity contribution in [3.8, 4) is 0 Å². The number of quaternary nitrogens is 1. The summed E-state index contributed by atoms with van der Waals surface area (Å²) in [5, 5.41) is 3.06. The first kappa shape index (κ1) is 74.5. The van der Waals surface area contributed by atoms with E-state index in [0.717, 1.165) is 57.8 Å². The fourth-order valence-corrected chi connectivity index (χ4v) is 10.7. The van der Waals surface area contributed by atoms with Gasteiger partial charge in [-0.1, -0.05) is 289 Å². The van der Waals surface area contributed by atoms with Crippen molar-refractivity contribution in [2.45, 2.75) is 348 Å². The van der Waals surface area contributed by atoms with Gasteiger partial charge in [-0.05, 0) is 57.4 Å². The number of nitrogens with one attached hydrogen (secondary N) is 1. The van der Waals surface area contributed by atoms with Gasteiger partial charge in [-0.25, -0.2) is 4.57 Å². The molecule has 0 spiro atoms. The van der Waals surface area contributed by atoms with Crippen molar-refractivity contribution in [3.05, 3.63) is 24.3 Å². The molecule has 0 fully saturated rings. The smallest absolute Gasteiger partial charge is 0.456 e. The number of phosphoric ester groups is 1. The maximum atomic E-state index is 13.5. The molecule has 3 atom stereocenters. The summed E-state index contributed by atoms with van der Waals surface area (Å²) < 4.78 is 30.7. The number of unbranched alkanes of at least 4 members (excludes halogenated alkanes) is 43. The molecule has 10 heteroatoms. The van der Waals surface area contributed by atoms with E-state index in [9.17, 15) is 19.0 Å². The normalized spacial score (nSPS) is 13.7. The molecule has 450 valence electrons. The Labute approximate surface area is 473 Å². The molecule has 0 radical (unpaired) electrons. The number of esters is 1. The molecular weight excluding hydrogens is 964 g/mol. The summed E-state index contributed by atoms with van der Waals surface area (Å²) in [7, 11) is 1.51. The molecule has 0 saturated heterocycles. The minimum absolute atomic E-state index is 0.0444. The average molecular weight is 1090 g/mol. The Balaban J connectivity index is 5.02. The van der Waals surface area contributed by atoms with Crippen LogP contribution in [0.1, 0.15) is 335 Å². The maximum absolute atomic E-state index is 13.5. The predicted octanol–water partition coefficient (Wildman–Crippen LogP) is 20.5. The van der Waals surface area contributed by atoms with Crippen molar-refractivity contribution >= 4 is 19.7 Å². The van der Waals surface area contributed by atoms with E-state index >= 15 is 0 Å². The zero-order valence-corrected chi connectivity index (χ0v) is 52.4. The van der Waals surface area contributed by atoms with Crippen molar-refractivity contribution in [2.75, 3.05) is 40.9 Å². The van der Waals surface area contributed by atoms with Crippen molar-refractivity contribution in [2.24, 2.45) is 0 Å². The molecule has 0 saturated carbocycles. The lowest BCUT2D eigenvalue weighted by Gasteiger charge is -2.27. The SMILES string of the molecule is CCCCCCCC/C=C/CCCCCCCCCCCCCCCCCC(=O)OC(/C=C\CCCCCCCCCCCC)C(COP(=O)(O)OCC[N+](C)(C)C)NC(=O)CCCCCCCCCCCCCCC. The number of carbonyl (C=O) groups excluding carboxylic acids is 2. The minimum atomic E-state index is -4.44. The summed E-state index contributed by atoms with van der Waals surface area (Å²) >= 11 is 0. The first-order valence-corrected chi connectivity index (χ1v) is 34.7. The Morgan fingerprint density at radius 1 is 0.447 bits per heavy atom. The van der Waals surface area contributed by atoms with Crippen molar-refractivity contribution in [1.29, 1.82) is 0 Å². The van der Waals surface area contributed by atoms with Gasteiger partial charge in [0.15, 0.2) is 0 Å². The van der Waals surface area contributed by atoms with Crippen LogP contribution in [0.5, 0.6) is 0 Å². The number of likely N-dealkylation sites (N-methyl/N-ethyl adjacent to an activating group) is 1. The third-order valence-electron chi connectivity index (χ3n) is 15.1. The summed E-state index contributed by atoms with van der Waals surface area (Å²) in [5.41, 5.74) is 0. The zero-order chi connectivity index (χ0) is 55.7. The van der Waals surface area contributed by atoms with E-state index in [2.05, 4.69) is 38.2 Å². The van der Waals surface area contributed by atoms with Crippen molar-refractivity contribution in [1.82, 2.24) is 5.32 Å². The number of allylic oxidation sites excluding steroid dienone is 3. The Morgan fingerprint density at radius 2 is 0.763 bits per heavy atom. The quantitative estimate of drug-likeness (QED) is 0.0205. The number of phosphoric acid groups is 1. The molecule has 1 amide bonds. The molecule has 3 unspecified atom stereocenters. The Bertz CT molecular complexity index is 1350. The van der Waals surface area contributed by atoms with Gasteiger partial charge in [-0.15, -0.1) is 0 Å². The predicted molar refractivity (Wildman–Crippen MR) is 328 cm³/mol. The van der Waals surface area contributed by atoms with Crippen LogP contribution in [0.15, 0.2) is 24.3 Å². The summed E-state index contributed by atoms with van der Waals surface area (Å²) in [4.78, 5) is 37.7. The van der Waals surface area contributed by atoms with E-state index < -0.39 is 20.0 Å². The summed E-state index contributed by atoms with van der Waals surface area (Å²) in [6.07, 6.45) is 67.6. The van der Waals surface area contributed by atoms with E-state index in [4.69, 9.17) is 13.8 Å². The third kappa shape index (κ3) is 57.2. The summed E-state index contributed by atoms with van der Waals surface area (Å²) in [6.45, 7) is 7.05. The van der Waals surface area contributed by atoms with Crippen LogP contribution in [-0.2, 0) is 27.9 Å². The molecule has 0 bridgehead atoms. The largest absolute Gasteiger partial charge is 0.472 e. The van der Waals surface area contributed by atoms with Crippen LogP contribution in [0.2, 0.25) is 0 Å². The first-order valence-electron chi connectivity index (χ1n) is 33.2. The molecule has 9 nitrogen and oxygen atoms in total. The number of rotatable bonds is 61. The second-order valence-corrected chi connectivity index (χ2v) is 25.5. The van der Waals surface area contributed by atoms with E-state index in [1.165, 1.54) is 244 Å². The second kappa shape index (κ2) is 56.8. The second-order valence-electron chi connectivity index (χ2n) is 24.0. The molecule has 0 rings (SSSR count). The van der Waals surface area contributed by atoms with Crippen molar-refractivity contribution < 1.29 is 37.3 Å². The highest BCUT2D eigenvalue weighted by Crippen LogP contribution is 2.43. The lowest BCUT2D eigenvalue weighted by molar-refractivity contribution is -0.870. The maximum Gasteiger partial charge on any atom is 0.472 e. The summed E-state index contributed by atoms with van der Waals surface area (Å²) in [6, 6.07) is -0.841. The van der Waals surface area contributed by atoms with Crippen LogP contribution in [0, 0.1) is 0 Å². The molecule has 0 aromatic heterocycles. The Kier molecular flexibility index (Phi) is 55.6. The number of amides is 1. The molecular formula is C66H130N2O7P+. The molecule has 0 heterocycles. The molecule has 2 N–H and O–H groups in total. The average Bonchev–Trinajstić information content (AvgIpc) is 3.38. The minimum Gasteiger partial charge on any atom is -0.456 e. The van der Waals surface area contributed by atoms with Gasteiger partial charge in [-0.2, -0.15) is 0 Å². The highest BCUT2D eigenvalue weighted by Gasteiger charge is 2.30. The Morgan fingerprint density at radius 3 is 1.12 bits per heavy atom. The van der Waals surface area contributed by atoms with Gasteiger partial charge in [0, 0.05) is 12.8 Å². The number of nitrogens with zero attached hydrogens (tertiary/aromatic N) is 1. The molecule has 0 aliphatic heterocycles. The van der Waals surface area contributed by atoms with E-state index in [1.807, 2.05) is 33.3 Å². The van der Waals surface area contributed by atoms with Gasteiger partial charge < -0.3 is 19.4 Å². The standard InChI is InChI=1S/C66H129N2O7P/c1-7-10-13-16-19-22-25-28-29-30-31-32-33-34-35-36-37-38-39-41-44-47-50-53-56-59-66(70)75-64(57-54-51-48-45-42-27-24-21-18-15-12-9-3)63(62-74-76(71,72)73-61-60-68(4,5)6)67-65(69)58-55-52-49-46-43-40-26-23-20-17-14-11-8-2/h28-29,54,57,63-64H,7-27,30-53,55-56,58-62H2,1-6H3,(H-,67,69,71,72)/p+1/b29-28+,57-54-. The number of carbonyl (C=O) groups is 2. The van der Waals surface area contributed by atoms with Crippen molar-refractivity contribution in [3.63, 3.8) is 0 Å². The zero-order valence-electron chi connectivity index (χ0n) is 51.5. The third-order valence-corrected chi connectivity index (χ3v) is 16.1. The van der Waals surface area contributed by atoms with Crippen LogP contribution in [0.4, 0.5) is 0 Å². The lowest BCUT2D eigenvalue weighted by Crippen LogP contribution is -2.47. The highest BCUT2D eigenvalue weighted by atomic mass is 31.2. The topological polar surface area (TPSA) is 111 Å².